The molecule has 0 atom stereocenters. The maximum Gasteiger partial charge on any atom is 0.115 e. The predicted octanol–water partition coefficient (Wildman–Crippen LogP) is 30.9. The zero-order valence-corrected chi connectivity index (χ0v) is 61.8. The van der Waals surface area contributed by atoms with Crippen molar-refractivity contribution in [1.82, 2.24) is 6.14 Å². The molecule has 0 rings (SSSR count). The Kier molecular flexibility index (Phi) is 2990. The molecule has 0 aromatic carbocycles. The van der Waals surface area contributed by atoms with Crippen LogP contribution in [0.2, 0.25) is 1.41 Å². The van der Waals surface area contributed by atoms with Crippen molar-refractivity contribution in [2.75, 3.05) is 238 Å². The first-order valence-corrected chi connectivity index (χ1v) is 46.5. The Morgan fingerprint density at radius 1 is 0.104 bits per heavy atom. The lowest BCUT2D eigenvalue weighted by Crippen LogP contribution is -1.25. The Balaban J connectivity index is -0.00000000548. The van der Waals surface area contributed by atoms with Crippen molar-refractivity contribution in [3.05, 3.63) is 0 Å². The summed E-state index contributed by atoms with van der Waals surface area (Å²) in [4.78, 5) is 0. The summed E-state index contributed by atoms with van der Waals surface area (Å²) in [5.74, 6) is 0. The molecule has 0 spiro atoms. The molecular formula is C57H193NS19. The standard InChI is InChI=1S/19C2H6S.19CH4.H3N/c19*1-3-2;;;;;;;;;;;;;;;;;;;;/h19*1-2H3;19*1H4;1H3/i/hD. The van der Waals surface area contributed by atoms with Gasteiger partial charge in [0.05, 0.1) is 0 Å². The molecule has 540 valence electrons. The van der Waals surface area contributed by atoms with E-state index in [9.17, 15) is 0 Å². The van der Waals surface area contributed by atoms with Crippen LogP contribution in [-0.4, -0.2) is 238 Å². The summed E-state index contributed by atoms with van der Waals surface area (Å²) < 4.78 is 5.25. The van der Waals surface area contributed by atoms with E-state index >= 15 is 0 Å². The topological polar surface area (TPSA) is 35.0 Å². The van der Waals surface area contributed by atoms with Gasteiger partial charge in [-0.05, 0) is 238 Å². The van der Waals surface area contributed by atoms with E-state index in [1.807, 2.05) is 238 Å². The van der Waals surface area contributed by atoms with Crippen LogP contribution in [-0.2, 0) is 0 Å². The maximum absolute atomic E-state index is 5.25. The van der Waals surface area contributed by atoms with E-state index in [1.54, 1.807) is 223 Å². The minimum Gasteiger partial charge on any atom is -0.344 e. The van der Waals surface area contributed by atoms with Crippen molar-refractivity contribution < 1.29 is 1.41 Å². The van der Waals surface area contributed by atoms with E-state index in [2.05, 4.69) is 6.14 Å². The Hall–Kier alpha value is 6.61. The van der Waals surface area contributed by atoms with Gasteiger partial charge < -0.3 is 6.14 Å². The van der Waals surface area contributed by atoms with Crippen LogP contribution in [0.4, 0.5) is 0 Å². The fraction of sp³-hybridized carbons (Fsp3) is 1.00. The van der Waals surface area contributed by atoms with E-state index in [4.69, 9.17) is 1.41 Å². The largest absolute Gasteiger partial charge is 0.344 e. The van der Waals surface area contributed by atoms with Gasteiger partial charge in [0.1, 0.15) is 1.41 Å². The highest BCUT2D eigenvalue weighted by Crippen LogP contribution is 1.75. The minimum atomic E-state index is 0. The molecule has 0 aliphatic heterocycles. The fourth-order valence-corrected chi connectivity index (χ4v) is 0. The van der Waals surface area contributed by atoms with Gasteiger partial charge >= 0.3 is 0 Å². The normalized spacial score (nSPS) is 4.53. The van der Waals surface area contributed by atoms with Gasteiger partial charge in [0.15, 0.2) is 0 Å². The van der Waals surface area contributed by atoms with Crippen LogP contribution in [0.3, 0.4) is 0 Å². The molecule has 0 aromatic heterocycles. The first-order chi connectivity index (χ1) is 27.9. The molecule has 0 unspecified atom stereocenters. The zero-order valence-electron chi connectivity index (χ0n) is 47.3. The van der Waals surface area contributed by atoms with Gasteiger partial charge in [-0.3, -0.25) is 0 Å². The van der Waals surface area contributed by atoms with Crippen LogP contribution in [0.5, 0.6) is 0 Å². The molecule has 0 aliphatic carbocycles. The summed E-state index contributed by atoms with van der Waals surface area (Å²) in [5, 5.41) is 0. The van der Waals surface area contributed by atoms with Crippen LogP contribution in [0.15, 0.2) is 0 Å². The number of thioether (sulfide) groups is 19. The molecule has 20 heteroatoms. The van der Waals surface area contributed by atoms with Gasteiger partial charge in [-0.2, -0.15) is 223 Å². The number of hydrogen-bond acceptors (Lipinski definition) is 20. The van der Waals surface area contributed by atoms with E-state index in [0.29, 0.717) is 0 Å². The van der Waals surface area contributed by atoms with Crippen molar-refractivity contribution in [2.45, 2.75) is 141 Å². The Morgan fingerprint density at radius 2 is 0.104 bits per heavy atom. The van der Waals surface area contributed by atoms with Gasteiger partial charge in [0.2, 0.25) is 0 Å². The Bertz CT molecular complexity index is 158. The van der Waals surface area contributed by atoms with Gasteiger partial charge in [0, 0.05) is 0 Å². The van der Waals surface area contributed by atoms with Crippen LogP contribution < -0.4 is 6.14 Å². The molecule has 0 saturated carbocycles. The third kappa shape index (κ3) is 12300. The lowest BCUT2D eigenvalue weighted by Gasteiger charge is -1.51. The van der Waals surface area contributed by atoms with Gasteiger partial charge in [-0.25, -0.2) is 0 Å². The summed E-state index contributed by atoms with van der Waals surface area (Å²) in [7, 11) is 0. The molecule has 0 aliphatic rings. The minimum absolute atomic E-state index is 0. The monoisotopic (exact) mass is 1500 g/mol. The summed E-state index contributed by atoms with van der Waals surface area (Å²) in [6, 6.07) is 0. The lowest BCUT2D eigenvalue weighted by molar-refractivity contribution is 2.13. The molecule has 0 bridgehead atoms. The van der Waals surface area contributed by atoms with E-state index in [1.165, 1.54) is 0 Å². The molecule has 0 amide bonds. The lowest BCUT2D eigenvalue weighted by atomic mass is 11.9. The second-order valence-electron chi connectivity index (χ2n) is 7.76. The highest BCUT2D eigenvalue weighted by molar-refractivity contribution is 8.01. The van der Waals surface area contributed by atoms with E-state index in [0.717, 1.165) is 0 Å². The summed E-state index contributed by atoms with van der Waals surface area (Å²) in [5.41, 5.74) is 0. The smallest absolute Gasteiger partial charge is 0.115 e. The van der Waals surface area contributed by atoms with Crippen LogP contribution >= 0.6 is 223 Å². The van der Waals surface area contributed by atoms with Crippen LogP contribution in [0.25, 0.3) is 0 Å². The van der Waals surface area contributed by atoms with Crippen molar-refractivity contribution in [1.29, 1.82) is 0 Å². The molecule has 0 fully saturated rings. The quantitative estimate of drug-likeness (QED) is 0.250. The zero-order chi connectivity index (χ0) is 53.4. The highest BCUT2D eigenvalue weighted by atomic mass is 32.2. The predicted molar refractivity (Wildman–Crippen MR) is 502 cm³/mol. The van der Waals surface area contributed by atoms with Crippen LogP contribution in [0, 0.1) is 0 Å². The molecule has 77 heavy (non-hydrogen) atoms. The van der Waals surface area contributed by atoms with Gasteiger partial charge in [-0.15, -0.1) is 0 Å². The third-order valence-electron chi connectivity index (χ3n) is 0. The third-order valence-corrected chi connectivity index (χ3v) is 0. The van der Waals surface area contributed by atoms with Crippen molar-refractivity contribution in [3.63, 3.8) is 0 Å². The number of hydrogen-bond donors (Lipinski definition) is 1. The molecule has 0 aromatic rings. The average molecular weight is 1500 g/mol. The van der Waals surface area contributed by atoms with Gasteiger partial charge in [0.25, 0.3) is 0 Å². The second kappa shape index (κ2) is 839. The molecule has 0 heterocycles. The molecule has 0 saturated heterocycles. The SMILES string of the molecule is C.C.C.C.C.C.C.C.C.C.C.C.C.C.C.C.C.C.C.CSC.CSC.CSC.CSC.CSC.CSC.CSC.CSC.CSC.CSC.CSC.CSC.CSC.CSC.CSC.CSC.CSC.CSC.CSC.[2H]N. The van der Waals surface area contributed by atoms with Gasteiger partial charge in [-0.1, -0.05) is 141 Å². The first kappa shape index (κ1) is 274. The average Bonchev–Trinajstić information content (AvgIpc) is 3.12. The Labute approximate surface area is 602 Å². The summed E-state index contributed by atoms with van der Waals surface area (Å²) >= 11 is 33.2. The fourth-order valence-electron chi connectivity index (χ4n) is 0. The maximum atomic E-state index is 5.25. The van der Waals surface area contributed by atoms with Crippen molar-refractivity contribution >= 4 is 223 Å². The van der Waals surface area contributed by atoms with E-state index < -0.39 is 0 Å². The number of rotatable bonds is 0. The molecule has 3 N–H and O–H groups in total. The van der Waals surface area contributed by atoms with Crippen molar-refractivity contribution in [3.8, 4) is 0 Å². The summed E-state index contributed by atoms with van der Waals surface area (Å²) in [6.07, 6.45) is 81.3. The van der Waals surface area contributed by atoms with Crippen LogP contribution in [0.1, 0.15) is 141 Å². The molecular weight excluding hydrogens is 1310 g/mol. The highest BCUT2D eigenvalue weighted by Gasteiger charge is 1.38. The van der Waals surface area contributed by atoms with Crippen molar-refractivity contribution in [2.24, 2.45) is 0 Å². The first-order valence-electron chi connectivity index (χ1n) is 16.1. The molecule has 0 radical (unpaired) electrons. The second-order valence-corrected chi connectivity index (χ2v) is 23.3. The summed E-state index contributed by atoms with van der Waals surface area (Å²) in [6.45, 7) is 0. The molecule has 1 nitrogen and oxygen atoms in total. The Morgan fingerprint density at radius 3 is 0.104 bits per heavy atom. The van der Waals surface area contributed by atoms with E-state index in [-0.39, 0.29) is 141 Å².